The summed E-state index contributed by atoms with van der Waals surface area (Å²) in [5.41, 5.74) is 1.02. The quantitative estimate of drug-likeness (QED) is 0.348. The van der Waals surface area contributed by atoms with E-state index < -0.39 is 10.0 Å². The maximum absolute atomic E-state index is 11.8. The number of carbonyl (C=O) groups excluding carboxylic acids is 1. The Hall–Kier alpha value is -3.98. The Kier molecular flexibility index (Phi) is 9.06. The number of anilines is 3. The van der Waals surface area contributed by atoms with Crippen LogP contribution in [-0.4, -0.2) is 105 Å². The first-order valence-electron chi connectivity index (χ1n) is 13.8. The van der Waals surface area contributed by atoms with Crippen molar-refractivity contribution in [3.8, 4) is 11.6 Å². The monoisotopic (exact) mass is 600 g/mol. The summed E-state index contributed by atoms with van der Waals surface area (Å²) in [6.07, 6.45) is 8.86. The van der Waals surface area contributed by atoms with Gasteiger partial charge in [0.25, 0.3) is 5.91 Å². The van der Waals surface area contributed by atoms with Gasteiger partial charge in [-0.15, -0.1) is 0 Å². The highest BCUT2D eigenvalue weighted by Gasteiger charge is 2.25. The number of morpholine rings is 1. The van der Waals surface area contributed by atoms with Crippen molar-refractivity contribution in [3.63, 3.8) is 0 Å². The molecule has 2 aliphatic rings. The van der Waals surface area contributed by atoms with Crippen molar-refractivity contribution in [1.82, 2.24) is 24.8 Å². The van der Waals surface area contributed by atoms with Gasteiger partial charge in [-0.25, -0.2) is 18.4 Å². The van der Waals surface area contributed by atoms with Crippen LogP contribution in [0.15, 0.2) is 30.7 Å². The summed E-state index contributed by atoms with van der Waals surface area (Å²) in [6, 6.07) is 3.78. The number of fused-ring (bicyclic) bond motifs is 1. The molecule has 1 saturated heterocycles. The van der Waals surface area contributed by atoms with Gasteiger partial charge in [0.1, 0.15) is 11.9 Å². The highest BCUT2D eigenvalue weighted by molar-refractivity contribution is 7.92. The lowest BCUT2D eigenvalue weighted by molar-refractivity contribution is -0.130. The molecule has 0 spiro atoms. The van der Waals surface area contributed by atoms with Crippen molar-refractivity contribution < 1.29 is 27.4 Å². The molecule has 4 heterocycles. The fourth-order valence-electron chi connectivity index (χ4n) is 4.80. The summed E-state index contributed by atoms with van der Waals surface area (Å²) >= 11 is 0. The van der Waals surface area contributed by atoms with Gasteiger partial charge in [-0.2, -0.15) is 4.98 Å². The van der Waals surface area contributed by atoms with E-state index in [9.17, 15) is 13.2 Å². The van der Waals surface area contributed by atoms with Crippen LogP contribution in [0.25, 0.3) is 10.9 Å². The number of ether oxygens (including phenoxy) is 3. The van der Waals surface area contributed by atoms with Crippen LogP contribution < -0.4 is 24.4 Å². The SMILES string of the molecule is CN(C)C(=O)COc1cnc(NC2CCC(Oc3nc(N4CCOCC4)cc4ncc(NS(C)(=O)=O)cc34)CC2)nc1. The molecule has 3 aromatic rings. The topological polar surface area (TPSA) is 161 Å². The predicted octanol–water partition coefficient (Wildman–Crippen LogP) is 1.90. The van der Waals surface area contributed by atoms with Gasteiger partial charge in [-0.1, -0.05) is 0 Å². The van der Waals surface area contributed by atoms with Crippen LogP contribution in [0.5, 0.6) is 11.6 Å². The summed E-state index contributed by atoms with van der Waals surface area (Å²) in [4.78, 5) is 33.3. The first-order chi connectivity index (χ1) is 20.1. The molecule has 42 heavy (non-hydrogen) atoms. The molecule has 1 saturated carbocycles. The molecule has 14 nitrogen and oxygen atoms in total. The molecular formula is C27H36N8O6S. The van der Waals surface area contributed by atoms with Crippen LogP contribution in [0.2, 0.25) is 0 Å². The minimum absolute atomic E-state index is 0.0712. The molecule has 5 rings (SSSR count). The van der Waals surface area contributed by atoms with E-state index in [1.807, 2.05) is 6.07 Å². The number of nitrogens with zero attached hydrogens (tertiary/aromatic N) is 6. The van der Waals surface area contributed by atoms with Crippen LogP contribution in [0.4, 0.5) is 17.5 Å². The molecule has 1 aliphatic heterocycles. The average molecular weight is 601 g/mol. The van der Waals surface area contributed by atoms with Crippen LogP contribution in [0.1, 0.15) is 25.7 Å². The second-order valence-electron chi connectivity index (χ2n) is 10.6. The molecule has 1 aliphatic carbocycles. The van der Waals surface area contributed by atoms with Gasteiger partial charge in [0.05, 0.1) is 54.7 Å². The van der Waals surface area contributed by atoms with Gasteiger partial charge in [0.2, 0.25) is 21.9 Å². The maximum Gasteiger partial charge on any atom is 0.259 e. The van der Waals surface area contributed by atoms with E-state index in [0.29, 0.717) is 60.5 Å². The van der Waals surface area contributed by atoms with Crippen LogP contribution in [0, 0.1) is 0 Å². The molecule has 0 unspecified atom stereocenters. The molecule has 15 heteroatoms. The number of pyridine rings is 2. The van der Waals surface area contributed by atoms with E-state index >= 15 is 0 Å². The number of likely N-dealkylation sites (N-methyl/N-ethyl adjacent to an activating group) is 1. The standard InChI is InChI=1S/C27H36N8O6S/c1-34(2)25(36)17-40-21-15-29-27(30-16-21)31-18-4-6-20(7-5-18)41-26-22-12-19(33-42(3,37)38)14-28-23(22)13-24(32-26)35-8-10-39-11-9-35/h12-16,18,20,33H,4-11,17H2,1-3H3,(H,29,30,31). The Bertz CT molecular complexity index is 1490. The van der Waals surface area contributed by atoms with E-state index in [4.69, 9.17) is 19.2 Å². The predicted molar refractivity (Wildman–Crippen MR) is 158 cm³/mol. The normalized spacial score (nSPS) is 19.3. The molecule has 0 atom stereocenters. The second-order valence-corrected chi connectivity index (χ2v) is 12.4. The molecule has 0 aromatic carbocycles. The number of amides is 1. The molecule has 226 valence electrons. The van der Waals surface area contributed by atoms with E-state index in [-0.39, 0.29) is 24.7 Å². The van der Waals surface area contributed by atoms with Crippen molar-refractivity contribution in [2.45, 2.75) is 37.8 Å². The summed E-state index contributed by atoms with van der Waals surface area (Å²) in [6.45, 7) is 2.59. The largest absolute Gasteiger partial charge is 0.481 e. The number of sulfonamides is 1. The Morgan fingerprint density at radius 3 is 2.45 bits per heavy atom. The molecule has 1 amide bonds. The van der Waals surface area contributed by atoms with E-state index in [2.05, 4.69) is 29.9 Å². The van der Waals surface area contributed by atoms with Crippen molar-refractivity contribution in [1.29, 1.82) is 0 Å². The third-order valence-corrected chi connectivity index (χ3v) is 7.65. The zero-order valence-corrected chi connectivity index (χ0v) is 24.8. The lowest BCUT2D eigenvalue weighted by Gasteiger charge is -2.31. The van der Waals surface area contributed by atoms with Gasteiger partial charge in [0.15, 0.2) is 12.4 Å². The summed E-state index contributed by atoms with van der Waals surface area (Å²) in [5.74, 6) is 1.96. The van der Waals surface area contributed by atoms with Crippen molar-refractivity contribution in [2.75, 3.05) is 68.2 Å². The maximum atomic E-state index is 11.8. The number of carbonyl (C=O) groups is 1. The first kappa shape index (κ1) is 29.5. The Balaban J connectivity index is 1.24. The van der Waals surface area contributed by atoms with E-state index in [1.165, 1.54) is 11.1 Å². The Labute approximate surface area is 244 Å². The lowest BCUT2D eigenvalue weighted by Crippen LogP contribution is -2.37. The van der Waals surface area contributed by atoms with Gasteiger partial charge in [-0.05, 0) is 31.7 Å². The molecule has 0 radical (unpaired) electrons. The number of nitrogens with one attached hydrogen (secondary N) is 2. The minimum atomic E-state index is -3.47. The van der Waals surface area contributed by atoms with E-state index in [1.54, 1.807) is 32.6 Å². The minimum Gasteiger partial charge on any atom is -0.481 e. The molecular weight excluding hydrogens is 564 g/mol. The number of hydrogen-bond donors (Lipinski definition) is 2. The third-order valence-electron chi connectivity index (χ3n) is 7.04. The fourth-order valence-corrected chi connectivity index (χ4v) is 5.34. The number of aromatic nitrogens is 4. The Morgan fingerprint density at radius 2 is 1.79 bits per heavy atom. The lowest BCUT2D eigenvalue weighted by atomic mass is 9.93. The second kappa shape index (κ2) is 12.9. The fraction of sp³-hybridized carbons (Fsp3) is 0.519. The number of rotatable bonds is 10. The zero-order valence-electron chi connectivity index (χ0n) is 23.9. The third kappa shape index (κ3) is 7.85. The summed E-state index contributed by atoms with van der Waals surface area (Å²) in [7, 11) is -0.129. The van der Waals surface area contributed by atoms with Crippen molar-refractivity contribution in [2.24, 2.45) is 0 Å². The molecule has 2 N–H and O–H groups in total. The number of hydrogen-bond acceptors (Lipinski definition) is 12. The molecule has 3 aromatic heterocycles. The first-order valence-corrected chi connectivity index (χ1v) is 15.7. The smallest absolute Gasteiger partial charge is 0.259 e. The van der Waals surface area contributed by atoms with Gasteiger partial charge >= 0.3 is 0 Å². The van der Waals surface area contributed by atoms with Gasteiger partial charge in [-0.3, -0.25) is 14.5 Å². The van der Waals surface area contributed by atoms with E-state index in [0.717, 1.165) is 37.8 Å². The van der Waals surface area contributed by atoms with Crippen LogP contribution >= 0.6 is 0 Å². The van der Waals surface area contributed by atoms with Crippen LogP contribution in [0.3, 0.4) is 0 Å². The zero-order chi connectivity index (χ0) is 29.7. The highest BCUT2D eigenvalue weighted by atomic mass is 32.2. The Morgan fingerprint density at radius 1 is 1.07 bits per heavy atom. The van der Waals surface area contributed by atoms with Crippen molar-refractivity contribution >= 4 is 44.3 Å². The highest BCUT2D eigenvalue weighted by Crippen LogP contribution is 2.33. The van der Waals surface area contributed by atoms with Crippen LogP contribution in [-0.2, 0) is 19.6 Å². The molecule has 2 fully saturated rings. The van der Waals surface area contributed by atoms with Gasteiger partial charge in [0, 0.05) is 39.3 Å². The van der Waals surface area contributed by atoms with Gasteiger partial charge < -0.3 is 29.3 Å². The summed E-state index contributed by atoms with van der Waals surface area (Å²) in [5, 5.41) is 4.01. The molecule has 0 bridgehead atoms. The van der Waals surface area contributed by atoms with Crippen molar-refractivity contribution in [3.05, 3.63) is 30.7 Å². The average Bonchev–Trinajstić information content (AvgIpc) is 2.97. The summed E-state index contributed by atoms with van der Waals surface area (Å²) < 4.78 is 43.5.